The molecule has 6 heteroatoms. The number of anilines is 1. The van der Waals surface area contributed by atoms with Crippen LogP contribution in [-0.4, -0.2) is 42.7 Å². The van der Waals surface area contributed by atoms with E-state index in [1.165, 1.54) is 18.4 Å². The Morgan fingerprint density at radius 3 is 2.73 bits per heavy atom. The Morgan fingerprint density at radius 1 is 1.30 bits per heavy atom. The lowest BCUT2D eigenvalue weighted by Crippen LogP contribution is -2.37. The normalized spacial score (nSPS) is 21.9. The van der Waals surface area contributed by atoms with Gasteiger partial charge in [0.15, 0.2) is 0 Å². The topological polar surface area (TPSA) is 89.3 Å². The zero-order valence-corrected chi connectivity index (χ0v) is 18.5. The molecule has 2 aliphatic rings. The Labute approximate surface area is 179 Å². The Balaban J connectivity index is 1.57. The van der Waals surface area contributed by atoms with Gasteiger partial charge in [-0.1, -0.05) is 26.8 Å². The molecule has 2 aromatic rings. The van der Waals surface area contributed by atoms with Crippen molar-refractivity contribution in [1.82, 2.24) is 15.6 Å². The maximum atomic E-state index is 12.9. The number of carbonyl (C=O) groups excluding carboxylic acids is 1. The summed E-state index contributed by atoms with van der Waals surface area (Å²) in [5, 5.41) is 7.38. The predicted molar refractivity (Wildman–Crippen MR) is 121 cm³/mol. The number of benzene rings is 1. The number of fused-ring (bicyclic) bond motifs is 1. The molecule has 0 radical (unpaired) electrons. The number of rotatable bonds is 6. The quantitative estimate of drug-likeness (QED) is 0.678. The Bertz CT molecular complexity index is 946. The molecule has 2 heterocycles. The van der Waals surface area contributed by atoms with E-state index in [2.05, 4.69) is 43.5 Å². The second-order valence-corrected chi connectivity index (χ2v) is 9.71. The first-order valence-corrected chi connectivity index (χ1v) is 11.1. The molecule has 1 saturated carbocycles. The molecule has 4 rings (SSSR count). The highest BCUT2D eigenvalue weighted by Gasteiger charge is 2.29. The van der Waals surface area contributed by atoms with Crippen LogP contribution in [-0.2, 0) is 10.2 Å². The Kier molecular flexibility index (Phi) is 5.73. The summed E-state index contributed by atoms with van der Waals surface area (Å²) in [5.41, 5.74) is 10.7. The molecule has 1 saturated heterocycles. The standard InChI is InChI=1S/C24H34N4O2/c1-5-30-17-10-16(26-13-17)12-27-23(29)21-11-20(25)18-8-15(14-6-7-14)9-19(22(18)28-21)24(2,3)4/h8-9,11,14,16-17,26H,5-7,10,12-13H2,1-4H3,(H2,25,28)(H,27,29). The van der Waals surface area contributed by atoms with E-state index < -0.39 is 0 Å². The van der Waals surface area contributed by atoms with Crippen LogP contribution in [0.4, 0.5) is 5.69 Å². The third-order valence-electron chi connectivity index (χ3n) is 6.15. The molecule has 2 atom stereocenters. The smallest absolute Gasteiger partial charge is 0.270 e. The van der Waals surface area contributed by atoms with Gasteiger partial charge in [-0.05, 0) is 60.8 Å². The van der Waals surface area contributed by atoms with E-state index >= 15 is 0 Å². The zero-order valence-electron chi connectivity index (χ0n) is 18.5. The molecule has 1 amide bonds. The van der Waals surface area contributed by atoms with Crippen molar-refractivity contribution >= 4 is 22.5 Å². The van der Waals surface area contributed by atoms with Crippen molar-refractivity contribution in [3.8, 4) is 0 Å². The largest absolute Gasteiger partial charge is 0.398 e. The number of hydrogen-bond acceptors (Lipinski definition) is 5. The number of amides is 1. The van der Waals surface area contributed by atoms with E-state index in [1.54, 1.807) is 6.07 Å². The average molecular weight is 411 g/mol. The van der Waals surface area contributed by atoms with Gasteiger partial charge in [0, 0.05) is 36.8 Å². The summed E-state index contributed by atoms with van der Waals surface area (Å²) in [4.78, 5) is 17.6. The van der Waals surface area contributed by atoms with E-state index in [9.17, 15) is 4.79 Å². The fourth-order valence-electron chi connectivity index (χ4n) is 4.32. The molecule has 1 aromatic heterocycles. The molecule has 1 aliphatic heterocycles. The lowest BCUT2D eigenvalue weighted by Gasteiger charge is -2.23. The molecular weight excluding hydrogens is 376 g/mol. The molecule has 1 aromatic carbocycles. The van der Waals surface area contributed by atoms with Crippen molar-refractivity contribution in [1.29, 1.82) is 0 Å². The van der Waals surface area contributed by atoms with E-state index in [-0.39, 0.29) is 23.5 Å². The SMILES string of the molecule is CCOC1CNC(CNC(=O)c2cc(N)c3cc(C4CC4)cc(C(C)(C)C)c3n2)C1. The molecule has 162 valence electrons. The van der Waals surface area contributed by atoms with Crippen molar-refractivity contribution in [2.24, 2.45) is 0 Å². The lowest BCUT2D eigenvalue weighted by atomic mass is 9.83. The maximum absolute atomic E-state index is 12.9. The van der Waals surface area contributed by atoms with E-state index in [0.717, 1.165) is 29.4 Å². The van der Waals surface area contributed by atoms with Crippen molar-refractivity contribution in [3.63, 3.8) is 0 Å². The minimum Gasteiger partial charge on any atom is -0.398 e. The van der Waals surface area contributed by atoms with Gasteiger partial charge in [-0.3, -0.25) is 4.79 Å². The predicted octanol–water partition coefficient (Wildman–Crippen LogP) is 3.49. The van der Waals surface area contributed by atoms with Crippen LogP contribution in [0.2, 0.25) is 0 Å². The number of nitrogens with zero attached hydrogens (tertiary/aromatic N) is 1. The monoisotopic (exact) mass is 410 g/mol. The zero-order chi connectivity index (χ0) is 21.5. The number of nitrogens with two attached hydrogens (primary N) is 1. The van der Waals surface area contributed by atoms with Crippen molar-refractivity contribution in [2.45, 2.75) is 70.4 Å². The Morgan fingerprint density at radius 2 is 2.07 bits per heavy atom. The number of ether oxygens (including phenoxy) is 1. The van der Waals surface area contributed by atoms with Crippen LogP contribution in [0.15, 0.2) is 18.2 Å². The molecule has 6 nitrogen and oxygen atoms in total. The van der Waals surface area contributed by atoms with Crippen LogP contribution < -0.4 is 16.4 Å². The molecule has 30 heavy (non-hydrogen) atoms. The summed E-state index contributed by atoms with van der Waals surface area (Å²) in [7, 11) is 0. The van der Waals surface area contributed by atoms with Gasteiger partial charge >= 0.3 is 0 Å². The fraction of sp³-hybridized carbons (Fsp3) is 0.583. The third kappa shape index (κ3) is 4.44. The van der Waals surface area contributed by atoms with Gasteiger partial charge in [0.2, 0.25) is 0 Å². The molecule has 4 N–H and O–H groups in total. The molecule has 0 spiro atoms. The van der Waals surface area contributed by atoms with Crippen LogP contribution in [0.1, 0.15) is 74.5 Å². The first kappa shape index (κ1) is 21.1. The minimum atomic E-state index is -0.184. The van der Waals surface area contributed by atoms with E-state index in [0.29, 0.717) is 30.5 Å². The van der Waals surface area contributed by atoms with Gasteiger partial charge in [0.25, 0.3) is 5.91 Å². The van der Waals surface area contributed by atoms with Gasteiger partial charge in [-0.2, -0.15) is 0 Å². The summed E-state index contributed by atoms with van der Waals surface area (Å²) >= 11 is 0. The second-order valence-electron chi connectivity index (χ2n) is 9.71. The van der Waals surface area contributed by atoms with Crippen LogP contribution in [0.3, 0.4) is 0 Å². The van der Waals surface area contributed by atoms with Gasteiger partial charge in [-0.25, -0.2) is 4.98 Å². The summed E-state index contributed by atoms with van der Waals surface area (Å²) in [6.07, 6.45) is 3.60. The minimum absolute atomic E-state index is 0.0836. The molecule has 1 aliphatic carbocycles. The van der Waals surface area contributed by atoms with Crippen LogP contribution in [0, 0.1) is 0 Å². The van der Waals surface area contributed by atoms with Gasteiger partial charge in [0.1, 0.15) is 5.69 Å². The summed E-state index contributed by atoms with van der Waals surface area (Å²) in [5.74, 6) is 0.452. The number of nitrogen functional groups attached to an aromatic ring is 1. The molecule has 0 bridgehead atoms. The highest BCUT2D eigenvalue weighted by molar-refractivity contribution is 6.00. The highest BCUT2D eigenvalue weighted by atomic mass is 16.5. The Hall–Kier alpha value is -2.18. The summed E-state index contributed by atoms with van der Waals surface area (Å²) < 4.78 is 5.66. The number of aromatic nitrogens is 1. The number of pyridine rings is 1. The summed E-state index contributed by atoms with van der Waals surface area (Å²) in [6.45, 7) is 10.6. The molecule has 2 fully saturated rings. The first-order chi connectivity index (χ1) is 14.3. The second kappa shape index (κ2) is 8.16. The third-order valence-corrected chi connectivity index (χ3v) is 6.15. The van der Waals surface area contributed by atoms with Crippen LogP contribution in [0.25, 0.3) is 10.9 Å². The molecular formula is C24H34N4O2. The number of carbonyl (C=O) groups is 1. The van der Waals surface area contributed by atoms with Crippen LogP contribution >= 0.6 is 0 Å². The van der Waals surface area contributed by atoms with Gasteiger partial charge in [-0.15, -0.1) is 0 Å². The van der Waals surface area contributed by atoms with Gasteiger partial charge in [0.05, 0.1) is 11.6 Å². The average Bonchev–Trinajstić information content (AvgIpc) is 3.45. The van der Waals surface area contributed by atoms with Crippen molar-refractivity contribution in [3.05, 3.63) is 35.0 Å². The van der Waals surface area contributed by atoms with Crippen molar-refractivity contribution in [2.75, 3.05) is 25.4 Å². The maximum Gasteiger partial charge on any atom is 0.270 e. The summed E-state index contributed by atoms with van der Waals surface area (Å²) in [6, 6.07) is 6.37. The first-order valence-electron chi connectivity index (χ1n) is 11.1. The highest BCUT2D eigenvalue weighted by Crippen LogP contribution is 2.44. The van der Waals surface area contributed by atoms with Gasteiger partial charge < -0.3 is 21.1 Å². The fourth-order valence-corrected chi connectivity index (χ4v) is 4.32. The number of hydrogen-bond donors (Lipinski definition) is 3. The van der Waals surface area contributed by atoms with Crippen molar-refractivity contribution < 1.29 is 9.53 Å². The lowest BCUT2D eigenvalue weighted by molar-refractivity contribution is 0.0753. The van der Waals surface area contributed by atoms with E-state index in [1.807, 2.05) is 6.92 Å². The van der Waals surface area contributed by atoms with E-state index in [4.69, 9.17) is 15.5 Å². The number of nitrogens with one attached hydrogen (secondary N) is 2. The van der Waals surface area contributed by atoms with Crippen LogP contribution in [0.5, 0.6) is 0 Å². The molecule has 2 unspecified atom stereocenters.